The molecular weight excluding hydrogens is 380 g/mol. The van der Waals surface area contributed by atoms with Crippen molar-refractivity contribution in [3.05, 3.63) is 60.4 Å². The number of fused-ring (bicyclic) bond motifs is 2. The van der Waals surface area contributed by atoms with E-state index in [1.807, 2.05) is 30.5 Å². The van der Waals surface area contributed by atoms with Gasteiger partial charge < -0.3 is 19.9 Å². The van der Waals surface area contributed by atoms with Gasteiger partial charge in [0.2, 0.25) is 5.95 Å². The van der Waals surface area contributed by atoms with Crippen LogP contribution < -0.4 is 5.32 Å². The summed E-state index contributed by atoms with van der Waals surface area (Å²) < 4.78 is 2.13. The zero-order chi connectivity index (χ0) is 20.5. The summed E-state index contributed by atoms with van der Waals surface area (Å²) in [6.45, 7) is 1.67. The lowest BCUT2D eigenvalue weighted by molar-refractivity contribution is 0.133. The van der Waals surface area contributed by atoms with Crippen molar-refractivity contribution in [1.29, 1.82) is 0 Å². The average molecular weight is 402 g/mol. The number of anilines is 1. The van der Waals surface area contributed by atoms with Gasteiger partial charge in [-0.1, -0.05) is 24.3 Å². The largest absolute Gasteiger partial charge is 0.465 e. The van der Waals surface area contributed by atoms with Crippen LogP contribution in [0.4, 0.5) is 10.7 Å². The Morgan fingerprint density at radius 2 is 1.83 bits per heavy atom. The van der Waals surface area contributed by atoms with E-state index in [4.69, 9.17) is 4.98 Å². The molecule has 152 valence electrons. The van der Waals surface area contributed by atoms with Gasteiger partial charge in [-0.25, -0.2) is 9.78 Å². The van der Waals surface area contributed by atoms with Crippen molar-refractivity contribution in [2.75, 3.05) is 18.4 Å². The molecule has 0 spiro atoms. The SMILES string of the molecule is O=C(O)N1CCC(Nc2nc3ncccc3n2Cc2cccc3cccnc23)CC1. The molecule has 2 N–H and O–H groups in total. The number of nitrogens with zero attached hydrogens (tertiary/aromatic N) is 5. The fourth-order valence-corrected chi connectivity index (χ4v) is 4.09. The Morgan fingerprint density at radius 1 is 1.07 bits per heavy atom. The van der Waals surface area contributed by atoms with Crippen LogP contribution in [0.25, 0.3) is 22.1 Å². The maximum Gasteiger partial charge on any atom is 0.407 e. The van der Waals surface area contributed by atoms with Gasteiger partial charge in [0.15, 0.2) is 5.65 Å². The lowest BCUT2D eigenvalue weighted by Crippen LogP contribution is -2.42. The molecule has 1 aliphatic rings. The molecule has 0 atom stereocenters. The van der Waals surface area contributed by atoms with Gasteiger partial charge in [0, 0.05) is 36.9 Å². The summed E-state index contributed by atoms with van der Waals surface area (Å²) in [6.07, 6.45) is 4.20. The summed E-state index contributed by atoms with van der Waals surface area (Å²) in [5.74, 6) is 0.755. The zero-order valence-electron chi connectivity index (χ0n) is 16.4. The fourth-order valence-electron chi connectivity index (χ4n) is 4.09. The van der Waals surface area contributed by atoms with Gasteiger partial charge in [-0.15, -0.1) is 0 Å². The summed E-state index contributed by atoms with van der Waals surface area (Å²) in [4.78, 5) is 26.4. The van der Waals surface area contributed by atoms with Crippen molar-refractivity contribution >= 4 is 34.1 Å². The highest BCUT2D eigenvalue weighted by Gasteiger charge is 2.24. The topological polar surface area (TPSA) is 96.2 Å². The second-order valence-electron chi connectivity index (χ2n) is 7.55. The first-order chi connectivity index (χ1) is 14.7. The van der Waals surface area contributed by atoms with Crippen LogP contribution in [0.15, 0.2) is 54.9 Å². The highest BCUT2D eigenvalue weighted by molar-refractivity contribution is 5.82. The number of piperidine rings is 1. The third-order valence-corrected chi connectivity index (χ3v) is 5.67. The predicted molar refractivity (Wildman–Crippen MR) is 115 cm³/mol. The molecule has 1 aliphatic heterocycles. The molecule has 0 saturated carbocycles. The number of hydrogen-bond donors (Lipinski definition) is 2. The monoisotopic (exact) mass is 402 g/mol. The Labute approximate surface area is 173 Å². The van der Waals surface area contributed by atoms with E-state index in [2.05, 4.69) is 38.1 Å². The van der Waals surface area contributed by atoms with Gasteiger partial charge >= 0.3 is 6.09 Å². The molecule has 0 aliphatic carbocycles. The molecule has 5 rings (SSSR count). The first kappa shape index (κ1) is 18.4. The van der Waals surface area contributed by atoms with E-state index in [9.17, 15) is 9.90 Å². The summed E-state index contributed by atoms with van der Waals surface area (Å²) in [7, 11) is 0. The molecule has 1 aromatic carbocycles. The van der Waals surface area contributed by atoms with Crippen LogP contribution in [-0.4, -0.2) is 54.8 Å². The van der Waals surface area contributed by atoms with Crippen LogP contribution >= 0.6 is 0 Å². The summed E-state index contributed by atoms with van der Waals surface area (Å²) >= 11 is 0. The van der Waals surface area contributed by atoms with Crippen LogP contribution in [0, 0.1) is 0 Å². The minimum atomic E-state index is -0.853. The first-order valence-electron chi connectivity index (χ1n) is 10.1. The molecule has 8 heteroatoms. The molecule has 1 amide bonds. The number of aromatic nitrogens is 4. The van der Waals surface area contributed by atoms with Gasteiger partial charge in [-0.3, -0.25) is 4.98 Å². The molecule has 0 bridgehead atoms. The number of imidazole rings is 1. The highest BCUT2D eigenvalue weighted by atomic mass is 16.4. The van der Waals surface area contributed by atoms with Crippen LogP contribution in [0.2, 0.25) is 0 Å². The second-order valence-corrected chi connectivity index (χ2v) is 7.55. The normalized spacial score (nSPS) is 15.0. The predicted octanol–water partition coefficient (Wildman–Crippen LogP) is 3.58. The van der Waals surface area contributed by atoms with Gasteiger partial charge in [0.05, 0.1) is 17.6 Å². The number of hydrogen-bond acceptors (Lipinski definition) is 5. The Hall–Kier alpha value is -3.68. The molecular formula is C22H22N6O2. The zero-order valence-corrected chi connectivity index (χ0v) is 16.4. The molecule has 0 radical (unpaired) electrons. The maximum absolute atomic E-state index is 11.2. The fraction of sp³-hybridized carbons (Fsp3) is 0.273. The van der Waals surface area contributed by atoms with Gasteiger partial charge in [-0.05, 0) is 36.6 Å². The highest BCUT2D eigenvalue weighted by Crippen LogP contribution is 2.25. The third-order valence-electron chi connectivity index (χ3n) is 5.67. The van der Waals surface area contributed by atoms with E-state index in [0.29, 0.717) is 25.3 Å². The Kier molecular flexibility index (Phi) is 4.66. The van der Waals surface area contributed by atoms with Crippen LogP contribution in [0.1, 0.15) is 18.4 Å². The number of amides is 1. The summed E-state index contributed by atoms with van der Waals surface area (Å²) in [5.41, 5.74) is 3.73. The number of nitrogens with one attached hydrogen (secondary N) is 1. The lowest BCUT2D eigenvalue weighted by Gasteiger charge is -2.30. The Balaban J connectivity index is 1.48. The van der Waals surface area contributed by atoms with E-state index in [1.165, 1.54) is 4.90 Å². The van der Waals surface area contributed by atoms with Gasteiger partial charge in [0.1, 0.15) is 0 Å². The average Bonchev–Trinajstić information content (AvgIpc) is 3.11. The maximum atomic E-state index is 11.2. The second kappa shape index (κ2) is 7.62. The minimum Gasteiger partial charge on any atom is -0.465 e. The number of likely N-dealkylation sites (tertiary alicyclic amines) is 1. The van der Waals surface area contributed by atoms with Gasteiger partial charge in [0.25, 0.3) is 0 Å². The van der Waals surface area contributed by atoms with E-state index >= 15 is 0 Å². The van der Waals surface area contributed by atoms with Crippen molar-refractivity contribution < 1.29 is 9.90 Å². The van der Waals surface area contributed by atoms with Crippen molar-refractivity contribution in [3.8, 4) is 0 Å². The molecule has 30 heavy (non-hydrogen) atoms. The molecule has 3 aromatic heterocycles. The quantitative estimate of drug-likeness (QED) is 0.542. The molecule has 1 fully saturated rings. The molecule has 4 aromatic rings. The van der Waals surface area contributed by atoms with E-state index in [0.717, 1.165) is 40.8 Å². The molecule has 0 unspecified atom stereocenters. The number of pyridine rings is 2. The van der Waals surface area contributed by atoms with Crippen molar-refractivity contribution in [1.82, 2.24) is 24.4 Å². The number of rotatable bonds is 4. The van der Waals surface area contributed by atoms with E-state index in [-0.39, 0.29) is 6.04 Å². The Bertz CT molecular complexity index is 1210. The number of benzene rings is 1. The first-order valence-corrected chi connectivity index (χ1v) is 10.1. The summed E-state index contributed by atoms with van der Waals surface area (Å²) in [6, 6.07) is 14.3. The smallest absolute Gasteiger partial charge is 0.407 e. The number of carbonyl (C=O) groups is 1. The minimum absolute atomic E-state index is 0.168. The van der Waals surface area contributed by atoms with Crippen molar-refractivity contribution in [2.45, 2.75) is 25.4 Å². The molecule has 1 saturated heterocycles. The number of para-hydroxylation sites is 1. The van der Waals surface area contributed by atoms with Crippen molar-refractivity contribution in [2.24, 2.45) is 0 Å². The molecule has 4 heterocycles. The van der Waals surface area contributed by atoms with Crippen LogP contribution in [0.5, 0.6) is 0 Å². The molecule has 8 nitrogen and oxygen atoms in total. The third kappa shape index (κ3) is 3.41. The Morgan fingerprint density at radius 3 is 2.67 bits per heavy atom. The van der Waals surface area contributed by atoms with E-state index in [1.54, 1.807) is 6.20 Å². The standard InChI is InChI=1S/C22H22N6O2/c29-22(30)27-12-8-17(9-13-27)25-21-26-20-18(7-3-11-24-20)28(21)14-16-5-1-4-15-6-2-10-23-19(15)16/h1-7,10-11,17H,8-9,12-14H2,(H,29,30)(H,24,25,26). The lowest BCUT2D eigenvalue weighted by atomic mass is 10.1. The number of carboxylic acid groups (broad SMARTS) is 1. The van der Waals surface area contributed by atoms with Crippen LogP contribution in [0.3, 0.4) is 0 Å². The van der Waals surface area contributed by atoms with Gasteiger partial charge in [-0.2, -0.15) is 4.98 Å². The summed E-state index contributed by atoms with van der Waals surface area (Å²) in [5, 5.41) is 13.8. The van der Waals surface area contributed by atoms with Crippen molar-refractivity contribution in [3.63, 3.8) is 0 Å². The van der Waals surface area contributed by atoms with Crippen LogP contribution in [-0.2, 0) is 6.54 Å². The van der Waals surface area contributed by atoms with E-state index < -0.39 is 6.09 Å².